The minimum absolute atomic E-state index is 0.0199. The molecule has 0 saturated heterocycles. The molecule has 0 aromatic heterocycles. The highest BCUT2D eigenvalue weighted by Crippen LogP contribution is 2.45. The molecule has 49 heavy (non-hydrogen) atoms. The average molecular weight is 639 g/mol. The predicted octanol–water partition coefficient (Wildman–Crippen LogP) is 10.8. The lowest BCUT2D eigenvalue weighted by atomic mass is 9.33. The van der Waals surface area contributed by atoms with E-state index in [0.29, 0.717) is 0 Å². The van der Waals surface area contributed by atoms with Gasteiger partial charge in [0.05, 0.1) is 0 Å². The second kappa shape index (κ2) is 10.9. The molecule has 6 aromatic carbocycles. The molecule has 0 fully saturated rings. The Morgan fingerprint density at radius 2 is 0.939 bits per heavy atom. The zero-order valence-electron chi connectivity index (χ0n) is 30.5. The standard InChI is InChI=1S/C46H47BN2/c1-44(2,3)32-18-23-35(24-19-32)48-39-26-21-33(45(4,5)6)28-38(39)47-37-25-20-34(46(7,8)9)29-42(37)49(41-16-12-15-40(48)43(41)47)36-22-17-30-13-10-11-14-31(30)27-36/h10-29H,1-9H3. The maximum Gasteiger partial charge on any atom is 0.252 e. The maximum atomic E-state index is 2.53. The van der Waals surface area contributed by atoms with Crippen molar-refractivity contribution in [1.29, 1.82) is 0 Å². The van der Waals surface area contributed by atoms with Gasteiger partial charge in [0.2, 0.25) is 0 Å². The minimum Gasteiger partial charge on any atom is -0.311 e. The van der Waals surface area contributed by atoms with Gasteiger partial charge in [-0.2, -0.15) is 0 Å². The topological polar surface area (TPSA) is 6.48 Å². The van der Waals surface area contributed by atoms with E-state index in [1.54, 1.807) is 0 Å². The Labute approximate surface area is 293 Å². The number of fused-ring (bicyclic) bond motifs is 5. The first-order valence-electron chi connectivity index (χ1n) is 17.8. The summed E-state index contributed by atoms with van der Waals surface area (Å²) in [5, 5.41) is 2.51. The van der Waals surface area contributed by atoms with Gasteiger partial charge in [-0.25, -0.2) is 0 Å². The molecular formula is C46H47BN2. The van der Waals surface area contributed by atoms with Crippen molar-refractivity contribution in [1.82, 2.24) is 0 Å². The van der Waals surface area contributed by atoms with E-state index in [4.69, 9.17) is 0 Å². The molecule has 244 valence electrons. The smallest absolute Gasteiger partial charge is 0.252 e. The van der Waals surface area contributed by atoms with Gasteiger partial charge < -0.3 is 9.80 Å². The molecule has 0 atom stereocenters. The molecule has 2 aliphatic heterocycles. The van der Waals surface area contributed by atoms with E-state index in [-0.39, 0.29) is 23.0 Å². The summed E-state index contributed by atoms with van der Waals surface area (Å²) in [5.41, 5.74) is 15.7. The fraction of sp³-hybridized carbons (Fsp3) is 0.261. The van der Waals surface area contributed by atoms with Gasteiger partial charge in [-0.1, -0.05) is 135 Å². The van der Waals surface area contributed by atoms with E-state index < -0.39 is 0 Å². The predicted molar refractivity (Wildman–Crippen MR) is 214 cm³/mol. The molecule has 8 rings (SSSR count). The highest BCUT2D eigenvalue weighted by Gasteiger charge is 2.44. The van der Waals surface area contributed by atoms with Crippen LogP contribution in [-0.2, 0) is 16.2 Å². The van der Waals surface area contributed by atoms with Gasteiger partial charge in [0, 0.05) is 34.1 Å². The number of hydrogen-bond acceptors (Lipinski definition) is 2. The number of rotatable bonds is 2. The summed E-state index contributed by atoms with van der Waals surface area (Å²) in [6, 6.07) is 46.3. The normalized spacial score (nSPS) is 14.1. The van der Waals surface area contributed by atoms with Crippen molar-refractivity contribution >= 4 is 68.0 Å². The minimum atomic E-state index is 0.0199. The second-order valence-electron chi connectivity index (χ2n) is 17.2. The highest BCUT2D eigenvalue weighted by molar-refractivity contribution is 7.00. The molecule has 0 saturated carbocycles. The van der Waals surface area contributed by atoms with E-state index in [0.717, 1.165) is 0 Å². The number of benzene rings is 6. The number of anilines is 6. The van der Waals surface area contributed by atoms with Crippen LogP contribution in [0.4, 0.5) is 34.1 Å². The van der Waals surface area contributed by atoms with Crippen molar-refractivity contribution in [2.24, 2.45) is 0 Å². The van der Waals surface area contributed by atoms with Crippen LogP contribution in [0.15, 0.2) is 121 Å². The average Bonchev–Trinajstić information content (AvgIpc) is 3.06. The lowest BCUT2D eigenvalue weighted by Crippen LogP contribution is -2.61. The Balaban J connectivity index is 1.44. The van der Waals surface area contributed by atoms with Crippen LogP contribution in [0.25, 0.3) is 10.8 Å². The number of nitrogens with zero attached hydrogens (tertiary/aromatic N) is 2. The van der Waals surface area contributed by atoms with Crippen LogP contribution in [-0.4, -0.2) is 6.71 Å². The van der Waals surface area contributed by atoms with Crippen LogP contribution >= 0.6 is 0 Å². The van der Waals surface area contributed by atoms with Crippen LogP contribution in [0.5, 0.6) is 0 Å². The second-order valence-corrected chi connectivity index (χ2v) is 17.2. The maximum absolute atomic E-state index is 2.53. The van der Waals surface area contributed by atoms with E-state index in [1.165, 1.54) is 78.0 Å². The first-order chi connectivity index (χ1) is 23.2. The summed E-state index contributed by atoms with van der Waals surface area (Å²) < 4.78 is 0. The SMILES string of the molecule is CC(C)(C)c1ccc(N2c3ccc(C(C)(C)C)cc3B3c4ccc(C(C)(C)C)cc4N(c4ccc5ccccc5c4)c4cccc2c43)cc1. The molecular weight excluding hydrogens is 591 g/mol. The molecule has 6 aromatic rings. The molecule has 3 heteroatoms. The molecule has 2 aliphatic rings. The lowest BCUT2D eigenvalue weighted by Gasteiger charge is -2.45. The fourth-order valence-corrected chi connectivity index (χ4v) is 7.85. The van der Waals surface area contributed by atoms with E-state index in [1.807, 2.05) is 0 Å². The molecule has 0 amide bonds. The van der Waals surface area contributed by atoms with E-state index in [2.05, 4.69) is 193 Å². The van der Waals surface area contributed by atoms with Crippen LogP contribution < -0.4 is 26.2 Å². The summed E-state index contributed by atoms with van der Waals surface area (Å²) in [5.74, 6) is 0. The van der Waals surface area contributed by atoms with Crippen LogP contribution in [0, 0.1) is 0 Å². The Morgan fingerprint density at radius 3 is 1.59 bits per heavy atom. The summed E-state index contributed by atoms with van der Waals surface area (Å²) >= 11 is 0. The van der Waals surface area contributed by atoms with Gasteiger partial charge in [-0.3, -0.25) is 0 Å². The van der Waals surface area contributed by atoms with Crippen LogP contribution in [0.2, 0.25) is 0 Å². The van der Waals surface area contributed by atoms with Crippen LogP contribution in [0.1, 0.15) is 79.0 Å². The van der Waals surface area contributed by atoms with Crippen molar-refractivity contribution in [3.05, 3.63) is 138 Å². The fourth-order valence-electron chi connectivity index (χ4n) is 7.85. The van der Waals surface area contributed by atoms with E-state index in [9.17, 15) is 0 Å². The molecule has 0 bridgehead atoms. The van der Waals surface area contributed by atoms with Crippen molar-refractivity contribution < 1.29 is 0 Å². The van der Waals surface area contributed by atoms with Crippen molar-refractivity contribution in [3.63, 3.8) is 0 Å². The third-order valence-corrected chi connectivity index (χ3v) is 10.7. The van der Waals surface area contributed by atoms with Gasteiger partial charge in [0.25, 0.3) is 6.71 Å². The molecule has 0 unspecified atom stereocenters. The monoisotopic (exact) mass is 638 g/mol. The molecule has 0 spiro atoms. The zero-order chi connectivity index (χ0) is 34.5. The first-order valence-corrected chi connectivity index (χ1v) is 17.8. The molecule has 0 radical (unpaired) electrons. The van der Waals surface area contributed by atoms with Gasteiger partial charge in [-0.05, 0) is 109 Å². The Kier molecular flexibility index (Phi) is 6.99. The summed E-state index contributed by atoms with van der Waals surface area (Å²) in [6.07, 6.45) is 0. The molecule has 0 N–H and O–H groups in total. The largest absolute Gasteiger partial charge is 0.311 e. The lowest BCUT2D eigenvalue weighted by molar-refractivity contribution is 0.590. The van der Waals surface area contributed by atoms with Crippen molar-refractivity contribution in [2.45, 2.75) is 78.6 Å². The van der Waals surface area contributed by atoms with Gasteiger partial charge in [0.15, 0.2) is 0 Å². The summed E-state index contributed by atoms with van der Waals surface area (Å²) in [7, 11) is 0. The van der Waals surface area contributed by atoms with Crippen molar-refractivity contribution in [3.8, 4) is 0 Å². The van der Waals surface area contributed by atoms with E-state index >= 15 is 0 Å². The van der Waals surface area contributed by atoms with Gasteiger partial charge in [-0.15, -0.1) is 0 Å². The zero-order valence-corrected chi connectivity index (χ0v) is 30.5. The van der Waals surface area contributed by atoms with Gasteiger partial charge >= 0.3 is 0 Å². The van der Waals surface area contributed by atoms with Gasteiger partial charge in [0.1, 0.15) is 0 Å². The molecule has 2 heterocycles. The summed E-state index contributed by atoms with van der Waals surface area (Å²) in [6.45, 7) is 20.9. The Hall–Kier alpha value is -4.76. The van der Waals surface area contributed by atoms with Crippen LogP contribution in [0.3, 0.4) is 0 Å². The highest BCUT2D eigenvalue weighted by atomic mass is 15.2. The van der Waals surface area contributed by atoms with Crippen molar-refractivity contribution in [2.75, 3.05) is 9.80 Å². The molecule has 2 nitrogen and oxygen atoms in total. The Morgan fingerprint density at radius 1 is 0.388 bits per heavy atom. The summed E-state index contributed by atoms with van der Waals surface area (Å²) in [4.78, 5) is 5.04. The number of hydrogen-bond donors (Lipinski definition) is 0. The molecule has 0 aliphatic carbocycles. The first kappa shape index (κ1) is 31.5. The third kappa shape index (κ3) is 5.17. The Bertz CT molecular complexity index is 2240. The third-order valence-electron chi connectivity index (χ3n) is 10.7. The quantitative estimate of drug-likeness (QED) is 0.174.